The van der Waals surface area contributed by atoms with E-state index < -0.39 is 15.8 Å². The highest BCUT2D eigenvalue weighted by molar-refractivity contribution is 7.92. The number of nitrogens with one attached hydrogen (secondary N) is 1. The topological polar surface area (TPSA) is 103 Å². The molecule has 32 heavy (non-hydrogen) atoms. The van der Waals surface area contributed by atoms with Crippen LogP contribution in [0.3, 0.4) is 0 Å². The van der Waals surface area contributed by atoms with Gasteiger partial charge in [0.15, 0.2) is 0 Å². The van der Waals surface area contributed by atoms with Gasteiger partial charge in [-0.2, -0.15) is 0 Å². The second-order valence-corrected chi connectivity index (χ2v) is 8.91. The van der Waals surface area contributed by atoms with Crippen molar-refractivity contribution in [2.75, 3.05) is 11.8 Å². The minimum Gasteiger partial charge on any atom is -0.480 e. The maximum atomic E-state index is 13.3. The summed E-state index contributed by atoms with van der Waals surface area (Å²) in [7, 11) is -2.83. The van der Waals surface area contributed by atoms with Crippen LogP contribution < -0.4 is 15.0 Å². The summed E-state index contributed by atoms with van der Waals surface area (Å²) in [6, 6.07) is 7.88. The van der Waals surface area contributed by atoms with Gasteiger partial charge < -0.3 is 4.74 Å². The Balaban J connectivity index is 1.79. The molecule has 4 rings (SSSR count). The molecular weight excluding hydrogens is 459 g/mol. The number of sulfonamides is 1. The second-order valence-electron chi connectivity index (χ2n) is 6.85. The highest BCUT2D eigenvalue weighted by Crippen LogP contribution is 2.31. The Kier molecular flexibility index (Phi) is 5.57. The van der Waals surface area contributed by atoms with Crippen LogP contribution in [-0.4, -0.2) is 29.9 Å². The molecule has 0 spiro atoms. The number of pyridine rings is 2. The predicted molar refractivity (Wildman–Crippen MR) is 118 cm³/mol. The van der Waals surface area contributed by atoms with Gasteiger partial charge >= 0.3 is 0 Å². The maximum Gasteiger partial charge on any atom is 0.263 e. The van der Waals surface area contributed by atoms with Crippen molar-refractivity contribution < 1.29 is 17.5 Å². The summed E-state index contributed by atoms with van der Waals surface area (Å²) in [5.74, 6) is -0.641. The highest BCUT2D eigenvalue weighted by Gasteiger charge is 2.21. The summed E-state index contributed by atoms with van der Waals surface area (Å²) in [5, 5.41) is -0.266. The van der Waals surface area contributed by atoms with E-state index in [1.165, 1.54) is 30.0 Å². The van der Waals surface area contributed by atoms with Crippen LogP contribution in [0.4, 0.5) is 10.1 Å². The smallest absolute Gasteiger partial charge is 0.263 e. The van der Waals surface area contributed by atoms with E-state index in [0.717, 1.165) is 18.2 Å². The molecule has 11 heteroatoms. The van der Waals surface area contributed by atoms with Crippen molar-refractivity contribution in [3.63, 3.8) is 0 Å². The number of aryl methyl sites for hydroxylation is 1. The number of hydrogen-bond donors (Lipinski definition) is 1. The lowest BCUT2D eigenvalue weighted by molar-refractivity contribution is 0.400. The summed E-state index contributed by atoms with van der Waals surface area (Å²) < 4.78 is 48.0. The molecule has 0 saturated heterocycles. The molecule has 0 saturated carbocycles. The van der Waals surface area contributed by atoms with E-state index in [2.05, 4.69) is 14.7 Å². The Morgan fingerprint density at radius 3 is 2.59 bits per heavy atom. The van der Waals surface area contributed by atoms with Crippen LogP contribution in [-0.2, 0) is 10.0 Å². The Labute approximate surface area is 187 Å². The van der Waals surface area contributed by atoms with Crippen LogP contribution in [0.5, 0.6) is 5.88 Å². The first-order valence-corrected chi connectivity index (χ1v) is 11.1. The molecule has 0 unspecified atom stereocenters. The lowest BCUT2D eigenvalue weighted by Crippen LogP contribution is -2.17. The number of anilines is 1. The maximum absolute atomic E-state index is 13.3. The summed E-state index contributed by atoms with van der Waals surface area (Å²) >= 11 is 5.92. The molecule has 0 bridgehead atoms. The van der Waals surface area contributed by atoms with E-state index in [1.807, 2.05) is 0 Å². The fraction of sp³-hybridized carbons (Fsp3) is 0.0952. The van der Waals surface area contributed by atoms with Gasteiger partial charge in [-0.25, -0.2) is 22.8 Å². The zero-order valence-electron chi connectivity index (χ0n) is 16.8. The van der Waals surface area contributed by atoms with Crippen molar-refractivity contribution in [2.45, 2.75) is 11.8 Å². The van der Waals surface area contributed by atoms with Gasteiger partial charge in [0.1, 0.15) is 22.0 Å². The number of aromatic nitrogens is 3. The Bertz CT molecular complexity index is 1520. The monoisotopic (exact) mass is 474 g/mol. The molecule has 4 aromatic rings. The number of hydrogen-bond acceptors (Lipinski definition) is 6. The van der Waals surface area contributed by atoms with E-state index in [9.17, 15) is 17.6 Å². The van der Waals surface area contributed by atoms with E-state index >= 15 is 0 Å². The van der Waals surface area contributed by atoms with Crippen LogP contribution >= 0.6 is 11.6 Å². The number of benzene rings is 1. The molecule has 0 amide bonds. The number of rotatable bonds is 5. The Morgan fingerprint density at radius 1 is 1.09 bits per heavy atom. The van der Waals surface area contributed by atoms with E-state index in [0.29, 0.717) is 22.3 Å². The third-order valence-electron chi connectivity index (χ3n) is 4.68. The summed E-state index contributed by atoms with van der Waals surface area (Å²) in [6.07, 6.45) is 4.58. The summed E-state index contributed by atoms with van der Waals surface area (Å²) in [5.41, 5.74) is 1.90. The molecular formula is C21H16ClFN4O4S. The minimum absolute atomic E-state index is 0.0195. The van der Waals surface area contributed by atoms with Crippen molar-refractivity contribution in [1.82, 2.24) is 14.4 Å². The number of halogens is 2. The molecule has 0 aliphatic rings. The van der Waals surface area contributed by atoms with Crippen LogP contribution in [0.25, 0.3) is 16.8 Å². The first-order valence-electron chi connectivity index (χ1n) is 9.20. The van der Waals surface area contributed by atoms with Crippen molar-refractivity contribution in [1.29, 1.82) is 0 Å². The van der Waals surface area contributed by atoms with Gasteiger partial charge in [0.25, 0.3) is 15.6 Å². The number of methoxy groups -OCH3 is 1. The fourth-order valence-corrected chi connectivity index (χ4v) is 4.66. The third kappa shape index (κ3) is 4.02. The third-order valence-corrected chi connectivity index (χ3v) is 6.53. The molecule has 164 valence electrons. The molecule has 1 N–H and O–H groups in total. The number of nitrogens with zero attached hydrogens (tertiary/aromatic N) is 3. The van der Waals surface area contributed by atoms with Gasteiger partial charge in [0.2, 0.25) is 5.88 Å². The molecule has 8 nitrogen and oxygen atoms in total. The van der Waals surface area contributed by atoms with E-state index in [4.69, 9.17) is 16.3 Å². The molecule has 1 aromatic carbocycles. The second kappa shape index (κ2) is 8.21. The molecule has 0 aliphatic carbocycles. The van der Waals surface area contributed by atoms with Gasteiger partial charge in [-0.15, -0.1) is 0 Å². The lowest BCUT2D eigenvalue weighted by atomic mass is 10.1. The normalized spacial score (nSPS) is 11.5. The summed E-state index contributed by atoms with van der Waals surface area (Å²) in [6.45, 7) is 1.66. The van der Waals surface area contributed by atoms with Crippen LogP contribution in [0.2, 0.25) is 5.02 Å². The van der Waals surface area contributed by atoms with Crippen molar-refractivity contribution in [3.05, 3.63) is 81.7 Å². The average molecular weight is 475 g/mol. The van der Waals surface area contributed by atoms with Gasteiger partial charge in [0.05, 0.1) is 12.1 Å². The zero-order chi connectivity index (χ0) is 23.0. The largest absolute Gasteiger partial charge is 0.480 e. The molecule has 3 heterocycles. The lowest BCUT2D eigenvalue weighted by Gasteiger charge is -2.14. The number of fused-ring (bicyclic) bond motifs is 1. The first kappa shape index (κ1) is 21.7. The fourth-order valence-electron chi connectivity index (χ4n) is 3.08. The van der Waals surface area contributed by atoms with Crippen LogP contribution in [0, 0.1) is 12.7 Å². The quantitative estimate of drug-likeness (QED) is 0.473. The molecule has 0 aliphatic heterocycles. The first-order chi connectivity index (χ1) is 15.2. The number of ether oxygens (including phenoxy) is 1. The van der Waals surface area contributed by atoms with Gasteiger partial charge in [-0.1, -0.05) is 11.6 Å². The molecule has 3 aromatic heterocycles. The molecule has 0 fully saturated rings. The van der Waals surface area contributed by atoms with E-state index in [-0.39, 0.29) is 27.0 Å². The predicted octanol–water partition coefficient (Wildman–Crippen LogP) is 3.67. The van der Waals surface area contributed by atoms with Crippen LogP contribution in [0.1, 0.15) is 5.56 Å². The SMILES string of the molecule is COc1ncc(-c2ccc3ncc(C)c(=O)n3c2)cc1NS(=O)(=O)c1ccc(F)cc1Cl. The van der Waals surface area contributed by atoms with Crippen molar-refractivity contribution >= 4 is 33.0 Å². The van der Waals surface area contributed by atoms with Crippen LogP contribution in [0.15, 0.2) is 64.7 Å². The van der Waals surface area contributed by atoms with Crippen molar-refractivity contribution in [3.8, 4) is 17.0 Å². The standard InChI is InChI=1S/C21H16ClFN4O4S/c1-12-9-24-19-6-3-13(11-27(19)21(12)28)14-7-17(20(31-2)25-10-14)26-32(29,30)18-5-4-15(23)8-16(18)22/h3-11,26H,1-2H3. The molecule has 0 radical (unpaired) electrons. The average Bonchev–Trinajstić information content (AvgIpc) is 2.75. The van der Waals surface area contributed by atoms with Gasteiger partial charge in [0, 0.05) is 35.3 Å². The van der Waals surface area contributed by atoms with Gasteiger partial charge in [-0.3, -0.25) is 13.9 Å². The van der Waals surface area contributed by atoms with Crippen molar-refractivity contribution in [2.24, 2.45) is 0 Å². The zero-order valence-corrected chi connectivity index (χ0v) is 18.4. The minimum atomic E-state index is -4.17. The Hall–Kier alpha value is -3.50. The van der Waals surface area contributed by atoms with Gasteiger partial charge in [-0.05, 0) is 43.3 Å². The summed E-state index contributed by atoms with van der Waals surface area (Å²) in [4.78, 5) is 20.5. The van der Waals surface area contributed by atoms with E-state index in [1.54, 1.807) is 25.3 Å². The molecule has 0 atom stereocenters. The Morgan fingerprint density at radius 2 is 1.88 bits per heavy atom. The highest BCUT2D eigenvalue weighted by atomic mass is 35.5.